The van der Waals surface area contributed by atoms with Crippen LogP contribution >= 0.6 is 23.2 Å². The monoisotopic (exact) mass is 718 g/mol. The second kappa shape index (κ2) is 12.6. The largest absolute Gasteiger partial charge is 0.396 e. The van der Waals surface area contributed by atoms with Crippen LogP contribution in [0.4, 0.5) is 34.1 Å². The maximum absolute atomic E-state index is 12.3. The first-order valence-corrected chi connectivity index (χ1v) is 17.7. The van der Waals surface area contributed by atoms with Gasteiger partial charge < -0.3 is 11.5 Å². The highest BCUT2D eigenvalue weighted by molar-refractivity contribution is 7.89. The molecule has 0 bridgehead atoms. The van der Waals surface area contributed by atoms with Crippen molar-refractivity contribution >= 4 is 98.9 Å². The SMILES string of the molecule is Nc1c(N=Nc2ccc(-c3ccc(N=Nc4cc(S(N)(=O)=O)c5ccccc5c4N)c(Cl)c3)cc2Cl)cc(S(N)(=O)=O)c2ccccc12. The molecule has 0 heterocycles. The number of anilines is 2. The van der Waals surface area contributed by atoms with E-state index in [1.165, 1.54) is 12.1 Å². The minimum Gasteiger partial charge on any atom is -0.396 e. The standard InChI is InChI=1S/C32H24Cl2N8O4S2/c33-23-13-17(9-11-25(23)39-41-27-15-29(47(37,43)44)19-5-1-3-7-21(19)31(27)35)18-10-12-26(24(34)14-18)40-42-28-16-30(48(38,45)46)20-6-2-4-8-22(20)32(28)36/h1-16H,35-36H2,(H2,37,43,44)(H2,38,45,46). The van der Waals surface area contributed by atoms with Gasteiger partial charge in [0.1, 0.15) is 22.7 Å². The van der Waals surface area contributed by atoms with Crippen molar-refractivity contribution in [1.29, 1.82) is 0 Å². The first kappa shape index (κ1) is 33.0. The lowest BCUT2D eigenvalue weighted by atomic mass is 10.0. The van der Waals surface area contributed by atoms with Crippen LogP contribution in [0.1, 0.15) is 0 Å². The van der Waals surface area contributed by atoms with Crippen molar-refractivity contribution in [2.24, 2.45) is 30.7 Å². The summed E-state index contributed by atoms with van der Waals surface area (Å²) in [5, 5.41) is 29.8. The number of nitrogen functional groups attached to an aromatic ring is 2. The lowest BCUT2D eigenvalue weighted by Gasteiger charge is -2.10. The molecule has 16 heteroatoms. The molecule has 242 valence electrons. The van der Waals surface area contributed by atoms with Gasteiger partial charge in [0.25, 0.3) is 0 Å². The number of hydrogen-bond donors (Lipinski definition) is 4. The van der Waals surface area contributed by atoms with E-state index >= 15 is 0 Å². The Bertz CT molecular complexity index is 2400. The summed E-state index contributed by atoms with van der Waals surface area (Å²) in [6.07, 6.45) is 0. The van der Waals surface area contributed by atoms with Gasteiger partial charge in [-0.05, 0) is 47.5 Å². The van der Waals surface area contributed by atoms with Crippen molar-refractivity contribution in [2.45, 2.75) is 9.79 Å². The average molecular weight is 720 g/mol. The Morgan fingerprint density at radius 3 is 1.12 bits per heavy atom. The Labute approximate surface area is 284 Å². The van der Waals surface area contributed by atoms with Crippen molar-refractivity contribution in [3.8, 4) is 11.1 Å². The van der Waals surface area contributed by atoms with Crippen molar-refractivity contribution in [3.63, 3.8) is 0 Å². The van der Waals surface area contributed by atoms with Gasteiger partial charge in [-0.15, -0.1) is 20.5 Å². The lowest BCUT2D eigenvalue weighted by Crippen LogP contribution is -2.13. The third kappa shape index (κ3) is 6.44. The van der Waals surface area contributed by atoms with Crippen LogP contribution < -0.4 is 21.7 Å². The summed E-state index contributed by atoms with van der Waals surface area (Å²) in [5.41, 5.74) is 15.2. The summed E-state index contributed by atoms with van der Waals surface area (Å²) >= 11 is 13.1. The zero-order valence-corrected chi connectivity index (χ0v) is 27.7. The fourth-order valence-corrected chi connectivity index (χ4v) is 7.05. The molecule has 0 saturated carbocycles. The predicted octanol–water partition coefficient (Wildman–Crippen LogP) is 8.26. The van der Waals surface area contributed by atoms with Gasteiger partial charge in [0.2, 0.25) is 20.0 Å². The van der Waals surface area contributed by atoms with Crippen molar-refractivity contribution in [3.05, 3.63) is 107 Å². The normalized spacial score (nSPS) is 12.5. The summed E-state index contributed by atoms with van der Waals surface area (Å²) in [6.45, 7) is 0. The molecule has 0 aliphatic carbocycles. The number of benzene rings is 6. The van der Waals surface area contributed by atoms with Crippen molar-refractivity contribution < 1.29 is 16.8 Å². The molecular formula is C32H24Cl2N8O4S2. The van der Waals surface area contributed by atoms with Crippen LogP contribution in [0.3, 0.4) is 0 Å². The number of rotatable bonds is 7. The Hall–Kier alpha value is -4.96. The number of nitrogens with two attached hydrogens (primary N) is 4. The molecule has 0 saturated heterocycles. The molecule has 0 amide bonds. The molecule has 6 aromatic carbocycles. The molecule has 0 aliphatic heterocycles. The van der Waals surface area contributed by atoms with E-state index in [1.54, 1.807) is 84.9 Å². The summed E-state index contributed by atoms with van der Waals surface area (Å²) < 4.78 is 49.0. The van der Waals surface area contributed by atoms with Gasteiger partial charge in [0.05, 0.1) is 31.2 Å². The van der Waals surface area contributed by atoms with Gasteiger partial charge in [-0.3, -0.25) is 0 Å². The van der Waals surface area contributed by atoms with Crippen LogP contribution in [-0.2, 0) is 20.0 Å². The Morgan fingerprint density at radius 1 is 0.458 bits per heavy atom. The molecule has 6 aromatic rings. The van der Waals surface area contributed by atoms with Crippen LogP contribution in [0.2, 0.25) is 10.0 Å². The maximum Gasteiger partial charge on any atom is 0.238 e. The van der Waals surface area contributed by atoms with E-state index in [1.807, 2.05) is 0 Å². The fourth-order valence-electron chi connectivity index (χ4n) is 5.09. The maximum atomic E-state index is 12.3. The highest BCUT2D eigenvalue weighted by atomic mass is 35.5. The molecule has 0 unspecified atom stereocenters. The minimum absolute atomic E-state index is 0.112. The fraction of sp³-hybridized carbons (Fsp3) is 0. The molecule has 0 aromatic heterocycles. The summed E-state index contributed by atoms with van der Waals surface area (Å²) in [4.78, 5) is -0.256. The molecule has 0 spiro atoms. The number of hydrogen-bond acceptors (Lipinski definition) is 10. The van der Waals surface area contributed by atoms with Crippen LogP contribution in [0.15, 0.2) is 127 Å². The molecule has 6 rings (SSSR count). The quantitative estimate of drug-likeness (QED) is 0.0938. The van der Waals surface area contributed by atoms with Gasteiger partial charge in [-0.2, -0.15) is 0 Å². The number of nitrogens with zero attached hydrogens (tertiary/aromatic N) is 4. The topological polar surface area (TPSA) is 222 Å². The van der Waals surface area contributed by atoms with Gasteiger partial charge in [0.15, 0.2) is 0 Å². The molecule has 12 nitrogen and oxygen atoms in total. The molecule has 0 fully saturated rings. The highest BCUT2D eigenvalue weighted by Gasteiger charge is 2.19. The second-order valence-corrected chi connectivity index (χ2v) is 14.4. The van der Waals surface area contributed by atoms with Crippen LogP contribution in [-0.4, -0.2) is 16.8 Å². The van der Waals surface area contributed by atoms with E-state index in [0.717, 1.165) is 0 Å². The van der Waals surface area contributed by atoms with Gasteiger partial charge in [0, 0.05) is 21.5 Å². The zero-order valence-electron chi connectivity index (χ0n) is 24.5. The number of primary sulfonamides is 2. The first-order chi connectivity index (χ1) is 22.7. The molecular weight excluding hydrogens is 695 g/mol. The Balaban J connectivity index is 1.28. The smallest absolute Gasteiger partial charge is 0.238 e. The second-order valence-electron chi connectivity index (χ2n) is 10.5. The first-order valence-electron chi connectivity index (χ1n) is 13.8. The number of halogens is 2. The number of sulfonamides is 2. The van der Waals surface area contributed by atoms with E-state index in [9.17, 15) is 16.8 Å². The average Bonchev–Trinajstić information content (AvgIpc) is 3.04. The van der Waals surface area contributed by atoms with E-state index in [-0.39, 0.29) is 42.6 Å². The number of fused-ring (bicyclic) bond motifs is 2. The zero-order chi connectivity index (χ0) is 34.4. The van der Waals surface area contributed by atoms with Crippen molar-refractivity contribution in [2.75, 3.05) is 11.5 Å². The number of azo groups is 2. The van der Waals surface area contributed by atoms with E-state index in [4.69, 9.17) is 44.9 Å². The summed E-state index contributed by atoms with van der Waals surface area (Å²) in [6, 6.07) is 26.0. The van der Waals surface area contributed by atoms with Gasteiger partial charge in [-0.1, -0.05) is 83.9 Å². The van der Waals surface area contributed by atoms with Crippen LogP contribution in [0.25, 0.3) is 32.7 Å². The van der Waals surface area contributed by atoms with Crippen molar-refractivity contribution in [1.82, 2.24) is 0 Å². The molecule has 0 aliphatic rings. The third-order valence-corrected chi connectivity index (χ3v) is 9.93. The van der Waals surface area contributed by atoms with Gasteiger partial charge in [-0.25, -0.2) is 27.1 Å². The summed E-state index contributed by atoms with van der Waals surface area (Å²) in [7, 11) is -8.15. The van der Waals surface area contributed by atoms with Gasteiger partial charge >= 0.3 is 0 Å². The van der Waals surface area contributed by atoms with E-state index in [2.05, 4.69) is 20.5 Å². The minimum atomic E-state index is -4.08. The summed E-state index contributed by atoms with van der Waals surface area (Å²) in [5.74, 6) is 0. The van der Waals surface area contributed by atoms with Crippen LogP contribution in [0.5, 0.6) is 0 Å². The highest BCUT2D eigenvalue weighted by Crippen LogP contribution is 2.40. The molecule has 8 N–H and O–H groups in total. The Morgan fingerprint density at radius 2 is 0.792 bits per heavy atom. The molecule has 48 heavy (non-hydrogen) atoms. The predicted molar refractivity (Wildman–Crippen MR) is 190 cm³/mol. The lowest BCUT2D eigenvalue weighted by molar-refractivity contribution is 0.597. The van der Waals surface area contributed by atoms with Crippen LogP contribution in [0, 0.1) is 0 Å². The molecule has 0 radical (unpaired) electrons. The van der Waals surface area contributed by atoms with E-state index in [0.29, 0.717) is 44.0 Å². The molecule has 0 atom stereocenters. The third-order valence-electron chi connectivity index (χ3n) is 7.43. The Kier molecular flexibility index (Phi) is 8.63. The van der Waals surface area contributed by atoms with E-state index < -0.39 is 20.0 Å².